The van der Waals surface area contributed by atoms with Crippen LogP contribution in [0.15, 0.2) is 24.3 Å². The van der Waals surface area contributed by atoms with Crippen LogP contribution in [0.3, 0.4) is 0 Å². The zero-order valence-electron chi connectivity index (χ0n) is 10.0. The predicted molar refractivity (Wildman–Crippen MR) is 65.2 cm³/mol. The van der Waals surface area contributed by atoms with Crippen molar-refractivity contribution in [3.05, 3.63) is 29.8 Å². The largest absolute Gasteiger partial charge is 0.396 e. The Morgan fingerprint density at radius 3 is 2.50 bits per heavy atom. The van der Waals surface area contributed by atoms with E-state index in [-0.39, 0.29) is 24.3 Å². The third kappa shape index (κ3) is 3.07. The van der Waals surface area contributed by atoms with Gasteiger partial charge in [0, 0.05) is 5.69 Å². The van der Waals surface area contributed by atoms with Gasteiger partial charge in [-0.3, -0.25) is 4.79 Å². The molecule has 0 aliphatic carbocycles. The lowest BCUT2D eigenvalue weighted by atomic mass is 9.96. The van der Waals surface area contributed by atoms with E-state index in [1.807, 2.05) is 45.0 Å². The van der Waals surface area contributed by atoms with Gasteiger partial charge in [0.25, 0.3) is 0 Å². The molecule has 88 valence electrons. The summed E-state index contributed by atoms with van der Waals surface area (Å²) in [5.41, 5.74) is 1.84. The maximum Gasteiger partial charge on any atom is 0.230 e. The molecule has 0 aliphatic heterocycles. The Bertz CT molecular complexity index is 361. The van der Waals surface area contributed by atoms with Gasteiger partial charge in [-0.2, -0.15) is 0 Å². The maximum absolute atomic E-state index is 11.9. The van der Waals surface area contributed by atoms with Gasteiger partial charge in [0.2, 0.25) is 5.91 Å². The Morgan fingerprint density at radius 1 is 1.38 bits per heavy atom. The number of carbonyl (C=O) groups excluding carboxylic acids is 1. The Labute approximate surface area is 96.5 Å². The molecule has 0 saturated heterocycles. The van der Waals surface area contributed by atoms with E-state index in [0.29, 0.717) is 0 Å². The number of aliphatic hydroxyl groups is 1. The predicted octanol–water partition coefficient (Wildman–Crippen LogP) is 2.20. The van der Waals surface area contributed by atoms with Crippen LogP contribution in [-0.4, -0.2) is 17.6 Å². The second-order valence-electron chi connectivity index (χ2n) is 4.34. The first-order valence-electron chi connectivity index (χ1n) is 5.53. The summed E-state index contributed by atoms with van der Waals surface area (Å²) in [6.45, 7) is 5.69. The molecule has 0 fully saturated rings. The normalized spacial score (nSPS) is 12.6. The number of rotatable bonds is 4. The van der Waals surface area contributed by atoms with Crippen LogP contribution in [0.25, 0.3) is 0 Å². The molecular formula is C13H19NO2. The molecule has 1 aromatic carbocycles. The lowest BCUT2D eigenvalue weighted by Crippen LogP contribution is -2.30. The van der Waals surface area contributed by atoms with Gasteiger partial charge in [-0.05, 0) is 24.5 Å². The van der Waals surface area contributed by atoms with Crippen LogP contribution in [0.5, 0.6) is 0 Å². The smallest absolute Gasteiger partial charge is 0.230 e. The monoisotopic (exact) mass is 221 g/mol. The van der Waals surface area contributed by atoms with Crippen LogP contribution in [0, 0.1) is 18.8 Å². The summed E-state index contributed by atoms with van der Waals surface area (Å²) in [6, 6.07) is 7.61. The molecule has 0 bridgehead atoms. The molecule has 0 aromatic heterocycles. The molecule has 1 atom stereocenters. The molecule has 1 rings (SSSR count). The van der Waals surface area contributed by atoms with E-state index in [1.165, 1.54) is 0 Å². The van der Waals surface area contributed by atoms with E-state index < -0.39 is 0 Å². The molecule has 1 unspecified atom stereocenters. The van der Waals surface area contributed by atoms with Crippen LogP contribution in [0.4, 0.5) is 5.69 Å². The number of nitrogens with one attached hydrogen (secondary N) is 1. The zero-order chi connectivity index (χ0) is 12.1. The van der Waals surface area contributed by atoms with Crippen LogP contribution in [0.1, 0.15) is 19.4 Å². The van der Waals surface area contributed by atoms with Gasteiger partial charge in [0.05, 0.1) is 12.5 Å². The van der Waals surface area contributed by atoms with Gasteiger partial charge in [0.1, 0.15) is 0 Å². The highest BCUT2D eigenvalue weighted by atomic mass is 16.3. The lowest BCUT2D eigenvalue weighted by molar-refractivity contribution is -0.122. The van der Waals surface area contributed by atoms with Crippen molar-refractivity contribution in [1.29, 1.82) is 0 Å². The Balaban J connectivity index is 2.74. The molecule has 3 heteroatoms. The van der Waals surface area contributed by atoms with E-state index in [0.717, 1.165) is 11.3 Å². The highest BCUT2D eigenvalue weighted by molar-refractivity contribution is 5.93. The molecule has 0 spiro atoms. The molecular weight excluding hydrogens is 202 g/mol. The van der Waals surface area contributed by atoms with Gasteiger partial charge in [-0.25, -0.2) is 0 Å². The first-order chi connectivity index (χ1) is 7.56. The number of para-hydroxylation sites is 1. The van der Waals surface area contributed by atoms with Crippen molar-refractivity contribution in [2.75, 3.05) is 11.9 Å². The van der Waals surface area contributed by atoms with Crippen molar-refractivity contribution in [2.45, 2.75) is 20.8 Å². The molecule has 0 aliphatic rings. The minimum Gasteiger partial charge on any atom is -0.396 e. The Kier molecular flexibility index (Phi) is 4.50. The van der Waals surface area contributed by atoms with Gasteiger partial charge in [-0.1, -0.05) is 32.0 Å². The van der Waals surface area contributed by atoms with E-state index in [1.54, 1.807) is 0 Å². The van der Waals surface area contributed by atoms with E-state index >= 15 is 0 Å². The average Bonchev–Trinajstić information content (AvgIpc) is 2.22. The second kappa shape index (κ2) is 5.66. The summed E-state index contributed by atoms with van der Waals surface area (Å²) in [5.74, 6) is -0.333. The third-order valence-corrected chi connectivity index (χ3v) is 2.74. The Hall–Kier alpha value is -1.35. The van der Waals surface area contributed by atoms with Crippen molar-refractivity contribution in [3.63, 3.8) is 0 Å². The molecule has 1 amide bonds. The van der Waals surface area contributed by atoms with Crippen LogP contribution < -0.4 is 5.32 Å². The molecule has 2 N–H and O–H groups in total. The fourth-order valence-corrected chi connectivity index (χ4v) is 1.54. The second-order valence-corrected chi connectivity index (χ2v) is 4.34. The van der Waals surface area contributed by atoms with E-state index in [9.17, 15) is 4.79 Å². The summed E-state index contributed by atoms with van der Waals surface area (Å²) in [7, 11) is 0. The standard InChI is InChI=1S/C13H19NO2/c1-9(2)11(8-15)13(16)14-12-7-5-4-6-10(12)3/h4-7,9,11,15H,8H2,1-3H3,(H,14,16). The summed E-state index contributed by atoms with van der Waals surface area (Å²) in [5, 5.41) is 12.0. The van der Waals surface area contributed by atoms with Crippen molar-refractivity contribution < 1.29 is 9.90 Å². The van der Waals surface area contributed by atoms with E-state index in [4.69, 9.17) is 5.11 Å². The van der Waals surface area contributed by atoms with Crippen LogP contribution >= 0.6 is 0 Å². The molecule has 1 aromatic rings. The van der Waals surface area contributed by atoms with Crippen molar-refractivity contribution in [3.8, 4) is 0 Å². The summed E-state index contributed by atoms with van der Waals surface area (Å²) in [6.07, 6.45) is 0. The minimum absolute atomic E-state index is 0.116. The number of aryl methyl sites for hydroxylation is 1. The Morgan fingerprint density at radius 2 is 2.00 bits per heavy atom. The number of amides is 1. The van der Waals surface area contributed by atoms with Crippen molar-refractivity contribution in [1.82, 2.24) is 0 Å². The first kappa shape index (κ1) is 12.7. The number of hydrogen-bond acceptors (Lipinski definition) is 2. The minimum atomic E-state index is -0.348. The highest BCUT2D eigenvalue weighted by Crippen LogP contribution is 2.17. The molecule has 3 nitrogen and oxygen atoms in total. The number of hydrogen-bond donors (Lipinski definition) is 2. The van der Waals surface area contributed by atoms with Crippen LogP contribution in [-0.2, 0) is 4.79 Å². The van der Waals surface area contributed by atoms with Crippen molar-refractivity contribution >= 4 is 11.6 Å². The fraction of sp³-hybridized carbons (Fsp3) is 0.462. The van der Waals surface area contributed by atoms with Gasteiger partial charge in [-0.15, -0.1) is 0 Å². The van der Waals surface area contributed by atoms with E-state index in [2.05, 4.69) is 5.32 Å². The number of carbonyl (C=O) groups is 1. The quantitative estimate of drug-likeness (QED) is 0.819. The highest BCUT2D eigenvalue weighted by Gasteiger charge is 2.21. The van der Waals surface area contributed by atoms with Gasteiger partial charge >= 0.3 is 0 Å². The van der Waals surface area contributed by atoms with Crippen LogP contribution in [0.2, 0.25) is 0 Å². The summed E-state index contributed by atoms with van der Waals surface area (Å²) >= 11 is 0. The fourth-order valence-electron chi connectivity index (χ4n) is 1.54. The first-order valence-corrected chi connectivity index (χ1v) is 5.53. The molecule has 16 heavy (non-hydrogen) atoms. The maximum atomic E-state index is 11.9. The SMILES string of the molecule is Cc1ccccc1NC(=O)C(CO)C(C)C. The van der Waals surface area contributed by atoms with Crippen molar-refractivity contribution in [2.24, 2.45) is 11.8 Å². The average molecular weight is 221 g/mol. The topological polar surface area (TPSA) is 49.3 Å². The third-order valence-electron chi connectivity index (χ3n) is 2.74. The zero-order valence-corrected chi connectivity index (χ0v) is 10.0. The lowest BCUT2D eigenvalue weighted by Gasteiger charge is -2.18. The summed E-state index contributed by atoms with van der Waals surface area (Å²) < 4.78 is 0. The number of benzene rings is 1. The number of anilines is 1. The molecule has 0 heterocycles. The van der Waals surface area contributed by atoms with Gasteiger partial charge in [0.15, 0.2) is 0 Å². The number of aliphatic hydroxyl groups excluding tert-OH is 1. The summed E-state index contributed by atoms with van der Waals surface area (Å²) in [4.78, 5) is 11.9. The van der Waals surface area contributed by atoms with Gasteiger partial charge < -0.3 is 10.4 Å². The molecule has 0 saturated carbocycles. The molecule has 0 radical (unpaired) electrons.